The Labute approximate surface area is 251 Å². The lowest BCUT2D eigenvalue weighted by molar-refractivity contribution is -0.272. The van der Waals surface area contributed by atoms with Gasteiger partial charge in [-0.3, -0.25) is 24.0 Å². The number of ketones is 3. The number of rotatable bonds is 6. The van der Waals surface area contributed by atoms with Crippen LogP contribution in [0.1, 0.15) is 89.6 Å². The molecule has 0 spiro atoms. The zero-order valence-electron chi connectivity index (χ0n) is 24.7. The van der Waals surface area contributed by atoms with E-state index in [4.69, 9.17) is 23.7 Å². The maximum Gasteiger partial charge on any atom is 0.303 e. The Bertz CT molecular complexity index is 1590. The number of fused-ring (bicyclic) bond motifs is 3. The minimum Gasteiger partial charge on any atom is -0.507 e. The van der Waals surface area contributed by atoms with Crippen molar-refractivity contribution in [2.75, 3.05) is 7.11 Å². The highest BCUT2D eigenvalue weighted by Crippen LogP contribution is 2.52. The van der Waals surface area contributed by atoms with Crippen LogP contribution < -0.4 is 4.74 Å². The van der Waals surface area contributed by atoms with Gasteiger partial charge in [-0.05, 0) is 19.9 Å². The van der Waals surface area contributed by atoms with Gasteiger partial charge in [0.25, 0.3) is 0 Å². The van der Waals surface area contributed by atoms with Crippen molar-refractivity contribution in [1.29, 1.82) is 0 Å². The summed E-state index contributed by atoms with van der Waals surface area (Å²) in [5.41, 5.74) is -3.45. The van der Waals surface area contributed by atoms with Gasteiger partial charge in [0.2, 0.25) is 5.78 Å². The zero-order chi connectivity index (χ0) is 32.2. The number of hydrogen-bond acceptors (Lipinski definition) is 13. The molecule has 3 N–H and O–H groups in total. The Balaban J connectivity index is 1.61. The van der Waals surface area contributed by atoms with E-state index in [9.17, 15) is 39.3 Å². The molecule has 1 heterocycles. The third-order valence-electron chi connectivity index (χ3n) is 8.29. The fourth-order valence-corrected chi connectivity index (χ4v) is 6.26. The fraction of sp³-hybridized carbons (Fsp3) is 0.452. The number of carbonyl (C=O) groups is 5. The first-order chi connectivity index (χ1) is 20.7. The molecule has 0 amide bonds. The van der Waals surface area contributed by atoms with Gasteiger partial charge in [0.05, 0.1) is 36.0 Å². The van der Waals surface area contributed by atoms with Gasteiger partial charge in [-0.15, -0.1) is 0 Å². The van der Waals surface area contributed by atoms with Crippen LogP contribution in [0.2, 0.25) is 0 Å². The topological polar surface area (TPSA) is 192 Å². The van der Waals surface area contributed by atoms with Crippen molar-refractivity contribution in [3.05, 3.63) is 51.6 Å². The third-order valence-corrected chi connectivity index (χ3v) is 8.29. The highest BCUT2D eigenvalue weighted by atomic mass is 16.7. The van der Waals surface area contributed by atoms with Crippen molar-refractivity contribution in [2.45, 2.75) is 83.3 Å². The molecule has 1 fully saturated rings. The number of phenolic OH excluding ortho intramolecular Hbond substituents is 2. The lowest BCUT2D eigenvalue weighted by Crippen LogP contribution is -2.52. The molecule has 234 valence electrons. The van der Waals surface area contributed by atoms with Crippen LogP contribution in [0.4, 0.5) is 0 Å². The van der Waals surface area contributed by atoms with E-state index in [0.29, 0.717) is 0 Å². The highest BCUT2D eigenvalue weighted by molar-refractivity contribution is 6.31. The van der Waals surface area contributed by atoms with Gasteiger partial charge in [0.15, 0.2) is 24.0 Å². The van der Waals surface area contributed by atoms with Crippen LogP contribution in [0.5, 0.6) is 17.2 Å². The second-order valence-electron chi connectivity index (χ2n) is 11.2. The molecule has 44 heavy (non-hydrogen) atoms. The van der Waals surface area contributed by atoms with Crippen molar-refractivity contribution in [1.82, 2.24) is 0 Å². The number of aromatic hydroxyl groups is 2. The first-order valence-electron chi connectivity index (χ1n) is 13.9. The van der Waals surface area contributed by atoms with Gasteiger partial charge in [-0.25, -0.2) is 0 Å². The summed E-state index contributed by atoms with van der Waals surface area (Å²) in [7, 11) is 1.32. The number of ether oxygens (including phenoxy) is 5. The smallest absolute Gasteiger partial charge is 0.303 e. The molecule has 2 aromatic rings. The second kappa shape index (κ2) is 11.3. The molecule has 0 saturated carbocycles. The van der Waals surface area contributed by atoms with Crippen LogP contribution in [-0.2, 0) is 39.8 Å². The van der Waals surface area contributed by atoms with E-state index in [1.165, 1.54) is 39.2 Å². The Morgan fingerprint density at radius 2 is 1.61 bits per heavy atom. The summed E-state index contributed by atoms with van der Waals surface area (Å²) < 4.78 is 28.1. The number of carbonyl (C=O) groups excluding carboxylic acids is 5. The lowest BCUT2D eigenvalue weighted by atomic mass is 9.72. The summed E-state index contributed by atoms with van der Waals surface area (Å²) in [4.78, 5) is 63.6. The van der Waals surface area contributed by atoms with Crippen LogP contribution in [0.15, 0.2) is 18.2 Å². The van der Waals surface area contributed by atoms with E-state index in [1.807, 2.05) is 0 Å². The van der Waals surface area contributed by atoms with E-state index in [1.54, 1.807) is 6.92 Å². The molecule has 13 nitrogen and oxygen atoms in total. The number of phenols is 2. The van der Waals surface area contributed by atoms with Gasteiger partial charge in [-0.1, -0.05) is 12.1 Å². The number of methoxy groups -OCH3 is 1. The summed E-state index contributed by atoms with van der Waals surface area (Å²) in [6.07, 6.45) is -6.39. The largest absolute Gasteiger partial charge is 0.507 e. The van der Waals surface area contributed by atoms with Crippen molar-refractivity contribution in [3.63, 3.8) is 0 Å². The highest BCUT2D eigenvalue weighted by Gasteiger charge is 2.50. The number of hydrogen-bond donors (Lipinski definition) is 3. The number of aliphatic hydroxyl groups is 1. The van der Waals surface area contributed by atoms with Crippen LogP contribution in [0.3, 0.4) is 0 Å². The Morgan fingerprint density at radius 1 is 0.955 bits per heavy atom. The number of benzene rings is 2. The molecular weight excluding hydrogens is 580 g/mol. The molecule has 2 aromatic carbocycles. The Morgan fingerprint density at radius 3 is 2.23 bits per heavy atom. The summed E-state index contributed by atoms with van der Waals surface area (Å²) in [5.74, 6) is -4.75. The average Bonchev–Trinajstić information content (AvgIpc) is 2.94. The Hall–Kier alpha value is -4.33. The average molecular weight is 613 g/mol. The van der Waals surface area contributed by atoms with Gasteiger partial charge >= 0.3 is 11.9 Å². The first-order valence-corrected chi connectivity index (χ1v) is 13.9. The first kappa shape index (κ1) is 31.1. The summed E-state index contributed by atoms with van der Waals surface area (Å²) in [6, 6.07) is 4.37. The predicted octanol–water partition coefficient (Wildman–Crippen LogP) is 2.20. The minimum absolute atomic E-state index is 0.0506. The molecule has 3 aliphatic rings. The molecule has 0 unspecified atom stereocenters. The maximum absolute atomic E-state index is 13.8. The van der Waals surface area contributed by atoms with Crippen molar-refractivity contribution in [3.8, 4) is 17.2 Å². The van der Waals surface area contributed by atoms with E-state index < -0.39 is 101 Å². The Kier molecular flexibility index (Phi) is 7.99. The molecule has 0 aromatic heterocycles. The van der Waals surface area contributed by atoms with E-state index in [-0.39, 0.29) is 34.4 Å². The van der Waals surface area contributed by atoms with Gasteiger partial charge in [0.1, 0.15) is 29.0 Å². The van der Waals surface area contributed by atoms with Crippen molar-refractivity contribution < 1.29 is 63.0 Å². The summed E-state index contributed by atoms with van der Waals surface area (Å²) in [6.45, 7) is 5.08. The summed E-state index contributed by atoms with van der Waals surface area (Å²) in [5, 5.41) is 34.4. The molecule has 13 heteroatoms. The number of esters is 2. The van der Waals surface area contributed by atoms with E-state index in [2.05, 4.69) is 0 Å². The maximum atomic E-state index is 13.8. The lowest BCUT2D eigenvalue weighted by Gasteiger charge is -2.43. The number of Topliss-reactive ketones (excluding diaryl/α,β-unsaturated/α-hetero) is 1. The van der Waals surface area contributed by atoms with E-state index in [0.717, 1.165) is 6.92 Å². The minimum atomic E-state index is -2.09. The predicted molar refractivity (Wildman–Crippen MR) is 147 cm³/mol. The second-order valence-corrected chi connectivity index (χ2v) is 11.2. The van der Waals surface area contributed by atoms with Crippen LogP contribution in [-0.4, -0.2) is 81.9 Å². The van der Waals surface area contributed by atoms with Crippen LogP contribution >= 0.6 is 0 Å². The molecule has 5 rings (SSSR count). The zero-order valence-corrected chi connectivity index (χ0v) is 24.7. The molecule has 6 atom stereocenters. The SMILES string of the molecule is COc1cccc2c1C(=O)c1c(O)c3c(c(O)c1C2=O)C[C@@](O)(C(C)=O)C[C@H]3O[C@H]1C[C@H](OC(C)=O)[C@@H](OC(C)=O)[C@H](C)O1. The normalized spacial score (nSPS) is 27.5. The molecule has 1 saturated heterocycles. The van der Waals surface area contributed by atoms with Crippen molar-refractivity contribution >= 4 is 29.3 Å². The van der Waals surface area contributed by atoms with E-state index >= 15 is 0 Å². The molecule has 1 aliphatic heterocycles. The van der Waals surface area contributed by atoms with Crippen LogP contribution in [0.25, 0.3) is 0 Å². The molecular formula is C31H32O13. The van der Waals surface area contributed by atoms with Crippen LogP contribution in [0, 0.1) is 0 Å². The molecule has 0 radical (unpaired) electrons. The monoisotopic (exact) mass is 612 g/mol. The van der Waals surface area contributed by atoms with Gasteiger partial charge < -0.3 is 39.0 Å². The van der Waals surface area contributed by atoms with Gasteiger partial charge in [0, 0.05) is 49.8 Å². The van der Waals surface area contributed by atoms with Gasteiger partial charge in [-0.2, -0.15) is 0 Å². The third kappa shape index (κ3) is 5.10. The standard InChI is InChI=1S/C31H32O13/c1-12-30(43-15(4)34)19(42-14(3)33)9-21(41-12)44-20-11-31(39,13(2)32)10-17-23(20)29(38)25-24(27(17)36)26(35)16-7-6-8-18(40-5)22(16)28(25)37/h6-8,12,19-21,30,36,38-39H,9-11H2,1-5H3/t12-,19-,20+,21-,30-,31-/m0/s1. The van der Waals surface area contributed by atoms with Crippen molar-refractivity contribution in [2.24, 2.45) is 0 Å². The molecule has 0 bridgehead atoms. The quantitative estimate of drug-likeness (QED) is 0.271. The summed E-state index contributed by atoms with van der Waals surface area (Å²) >= 11 is 0. The molecule has 2 aliphatic carbocycles. The fourth-order valence-electron chi connectivity index (χ4n) is 6.26.